The molecule has 0 atom stereocenters. The van der Waals surface area contributed by atoms with E-state index in [2.05, 4.69) is 4.98 Å². The maximum absolute atomic E-state index is 12.6. The molecule has 0 aliphatic carbocycles. The summed E-state index contributed by atoms with van der Waals surface area (Å²) in [7, 11) is 3.30. The summed E-state index contributed by atoms with van der Waals surface area (Å²) in [6, 6.07) is 13.7. The van der Waals surface area contributed by atoms with Gasteiger partial charge < -0.3 is 14.2 Å². The molecule has 0 saturated heterocycles. The highest BCUT2D eigenvalue weighted by atomic mass is 32.2. The Morgan fingerprint density at radius 2 is 1.96 bits per heavy atom. The second kappa shape index (κ2) is 8.85. The molecular formula is C19H20N4O4S. The van der Waals surface area contributed by atoms with Crippen LogP contribution < -0.4 is 4.90 Å². The van der Waals surface area contributed by atoms with Crippen molar-refractivity contribution in [3.8, 4) is 0 Å². The molecule has 0 unspecified atom stereocenters. The van der Waals surface area contributed by atoms with Gasteiger partial charge in [-0.05, 0) is 24.3 Å². The molecule has 9 heteroatoms. The number of carbonyl (C=O) groups is 1. The van der Waals surface area contributed by atoms with E-state index in [0.717, 1.165) is 16.2 Å². The number of aromatic nitrogens is 2. The average Bonchev–Trinajstić information content (AvgIpc) is 3.07. The van der Waals surface area contributed by atoms with Crippen LogP contribution >= 0.6 is 11.8 Å². The number of fused-ring (bicyclic) bond motifs is 1. The van der Waals surface area contributed by atoms with Crippen molar-refractivity contribution in [2.75, 3.05) is 31.4 Å². The summed E-state index contributed by atoms with van der Waals surface area (Å²) >= 11 is 1.36. The van der Waals surface area contributed by atoms with Gasteiger partial charge in [0.15, 0.2) is 5.16 Å². The van der Waals surface area contributed by atoms with Gasteiger partial charge in [0.25, 0.3) is 5.69 Å². The maximum Gasteiger partial charge on any atom is 0.269 e. The van der Waals surface area contributed by atoms with E-state index in [1.54, 1.807) is 26.3 Å². The third-order valence-corrected chi connectivity index (χ3v) is 5.25. The van der Waals surface area contributed by atoms with Crippen molar-refractivity contribution in [3.05, 3.63) is 58.6 Å². The predicted octanol–water partition coefficient (Wildman–Crippen LogP) is 3.35. The molecule has 0 fully saturated rings. The molecule has 0 aliphatic rings. The lowest BCUT2D eigenvalue weighted by Crippen LogP contribution is -2.28. The number of nitro benzene ring substituents is 1. The Balaban J connectivity index is 1.72. The van der Waals surface area contributed by atoms with Gasteiger partial charge in [0.2, 0.25) is 5.91 Å². The summed E-state index contributed by atoms with van der Waals surface area (Å²) in [5, 5.41) is 11.5. The zero-order valence-corrected chi connectivity index (χ0v) is 16.4. The number of thioether (sulfide) groups is 1. The lowest BCUT2D eigenvalue weighted by atomic mass is 10.2. The molecule has 0 saturated carbocycles. The Hall–Kier alpha value is -2.91. The quantitative estimate of drug-likeness (QED) is 0.327. The lowest BCUT2D eigenvalue weighted by Gasteiger charge is -2.17. The molecule has 0 radical (unpaired) electrons. The number of carbonyl (C=O) groups excluding carboxylic acids is 1. The highest BCUT2D eigenvalue weighted by molar-refractivity contribution is 7.99. The van der Waals surface area contributed by atoms with E-state index in [4.69, 9.17) is 4.74 Å². The first-order valence-electron chi connectivity index (χ1n) is 8.59. The Labute approximate surface area is 166 Å². The number of rotatable bonds is 8. The molecule has 0 N–H and O–H groups in total. The van der Waals surface area contributed by atoms with Crippen LogP contribution in [-0.4, -0.2) is 46.9 Å². The number of methoxy groups -OCH3 is 1. The normalized spacial score (nSPS) is 10.9. The number of benzene rings is 2. The number of amides is 1. The third kappa shape index (κ3) is 4.32. The molecule has 3 rings (SSSR count). The summed E-state index contributed by atoms with van der Waals surface area (Å²) in [5.74, 6) is 0.0771. The number of non-ortho nitro benzene ring substituents is 1. The van der Waals surface area contributed by atoms with Crippen molar-refractivity contribution >= 4 is 40.1 Å². The van der Waals surface area contributed by atoms with Gasteiger partial charge in [-0.1, -0.05) is 23.9 Å². The van der Waals surface area contributed by atoms with E-state index in [0.29, 0.717) is 18.8 Å². The molecule has 28 heavy (non-hydrogen) atoms. The first-order valence-corrected chi connectivity index (χ1v) is 9.58. The molecule has 1 amide bonds. The van der Waals surface area contributed by atoms with E-state index in [1.165, 1.54) is 28.8 Å². The number of nitro groups is 1. The summed E-state index contributed by atoms with van der Waals surface area (Å²) < 4.78 is 7.23. The van der Waals surface area contributed by atoms with Gasteiger partial charge >= 0.3 is 0 Å². The number of hydrogen-bond acceptors (Lipinski definition) is 6. The summed E-state index contributed by atoms with van der Waals surface area (Å²) in [6.07, 6.45) is 0. The number of ether oxygens (including phenoxy) is 1. The van der Waals surface area contributed by atoms with E-state index in [-0.39, 0.29) is 17.3 Å². The van der Waals surface area contributed by atoms with E-state index >= 15 is 0 Å². The van der Waals surface area contributed by atoms with Crippen LogP contribution in [0.2, 0.25) is 0 Å². The zero-order valence-electron chi connectivity index (χ0n) is 15.6. The van der Waals surface area contributed by atoms with Crippen LogP contribution in [0.1, 0.15) is 0 Å². The van der Waals surface area contributed by atoms with E-state index in [9.17, 15) is 14.9 Å². The highest BCUT2D eigenvalue weighted by Gasteiger charge is 2.16. The molecule has 1 aromatic heterocycles. The maximum atomic E-state index is 12.6. The minimum absolute atomic E-state index is 0.00849. The molecular weight excluding hydrogens is 380 g/mol. The van der Waals surface area contributed by atoms with E-state index in [1.807, 2.05) is 28.8 Å². The van der Waals surface area contributed by atoms with Crippen molar-refractivity contribution in [1.29, 1.82) is 0 Å². The fraction of sp³-hybridized carbons (Fsp3) is 0.263. The predicted molar refractivity (Wildman–Crippen MR) is 109 cm³/mol. The fourth-order valence-electron chi connectivity index (χ4n) is 2.73. The minimum atomic E-state index is -0.466. The van der Waals surface area contributed by atoms with Crippen molar-refractivity contribution in [2.24, 2.45) is 0 Å². The molecule has 8 nitrogen and oxygen atoms in total. The van der Waals surface area contributed by atoms with E-state index < -0.39 is 4.92 Å². The van der Waals surface area contributed by atoms with Crippen LogP contribution in [0.15, 0.2) is 53.7 Å². The van der Waals surface area contributed by atoms with Gasteiger partial charge in [0, 0.05) is 38.5 Å². The summed E-state index contributed by atoms with van der Waals surface area (Å²) in [6.45, 7) is 1.19. The summed E-state index contributed by atoms with van der Waals surface area (Å²) in [4.78, 5) is 29.0. The molecule has 146 valence electrons. The Morgan fingerprint density at radius 3 is 2.64 bits per heavy atom. The molecule has 2 aromatic carbocycles. The molecule has 3 aromatic rings. The smallest absolute Gasteiger partial charge is 0.269 e. The number of nitrogens with zero attached hydrogens (tertiary/aromatic N) is 4. The van der Waals surface area contributed by atoms with Crippen LogP contribution in [0.25, 0.3) is 11.0 Å². The van der Waals surface area contributed by atoms with Gasteiger partial charge in [-0.15, -0.1) is 0 Å². The Kier molecular flexibility index (Phi) is 6.27. The van der Waals surface area contributed by atoms with Gasteiger partial charge in [-0.3, -0.25) is 14.9 Å². The van der Waals surface area contributed by atoms with Crippen molar-refractivity contribution in [1.82, 2.24) is 9.55 Å². The molecule has 0 bridgehead atoms. The largest absolute Gasteiger partial charge is 0.383 e. The lowest BCUT2D eigenvalue weighted by molar-refractivity contribution is -0.384. The summed E-state index contributed by atoms with van der Waals surface area (Å²) in [5.41, 5.74) is 2.46. The van der Waals surface area contributed by atoms with Crippen LogP contribution in [-0.2, 0) is 16.1 Å². The topological polar surface area (TPSA) is 90.5 Å². The number of anilines is 1. The van der Waals surface area contributed by atoms with Gasteiger partial charge in [0.1, 0.15) is 0 Å². The number of para-hydroxylation sites is 2. The van der Waals surface area contributed by atoms with Gasteiger partial charge in [0.05, 0.1) is 28.3 Å². The Morgan fingerprint density at radius 1 is 1.25 bits per heavy atom. The van der Waals surface area contributed by atoms with Crippen LogP contribution in [0.3, 0.4) is 0 Å². The first kappa shape index (κ1) is 19.8. The fourth-order valence-corrected chi connectivity index (χ4v) is 3.68. The van der Waals surface area contributed by atoms with Crippen LogP contribution in [0.5, 0.6) is 0 Å². The molecule has 1 heterocycles. The zero-order chi connectivity index (χ0) is 20.1. The van der Waals surface area contributed by atoms with Crippen molar-refractivity contribution in [2.45, 2.75) is 11.7 Å². The second-order valence-electron chi connectivity index (χ2n) is 6.04. The minimum Gasteiger partial charge on any atom is -0.383 e. The van der Waals surface area contributed by atoms with Crippen LogP contribution in [0, 0.1) is 10.1 Å². The van der Waals surface area contributed by atoms with Gasteiger partial charge in [-0.25, -0.2) is 4.98 Å². The van der Waals surface area contributed by atoms with Crippen molar-refractivity contribution in [3.63, 3.8) is 0 Å². The highest BCUT2D eigenvalue weighted by Crippen LogP contribution is 2.25. The first-order chi connectivity index (χ1) is 13.5. The van der Waals surface area contributed by atoms with Crippen LogP contribution in [0.4, 0.5) is 11.4 Å². The second-order valence-corrected chi connectivity index (χ2v) is 6.98. The molecule has 0 aliphatic heterocycles. The van der Waals surface area contributed by atoms with Gasteiger partial charge in [-0.2, -0.15) is 0 Å². The number of imidazole rings is 1. The monoisotopic (exact) mass is 400 g/mol. The standard InChI is InChI=1S/C19H20N4O4S/c1-21(14-7-9-15(10-8-14)23(25)26)18(24)13-28-19-20-16-5-3-4-6-17(16)22(19)11-12-27-2/h3-10H,11-13H2,1-2H3. The number of hydrogen-bond donors (Lipinski definition) is 0. The average molecular weight is 400 g/mol. The Bertz CT molecular complexity index is 987. The van der Waals surface area contributed by atoms with Crippen molar-refractivity contribution < 1.29 is 14.5 Å². The molecule has 0 spiro atoms. The SMILES string of the molecule is COCCn1c(SCC(=O)N(C)c2ccc([N+](=O)[O-])cc2)nc2ccccc21. The third-order valence-electron chi connectivity index (χ3n) is 4.29.